The van der Waals surface area contributed by atoms with E-state index in [1.54, 1.807) is 41.8 Å². The molecule has 0 atom stereocenters. The molecule has 7 heteroatoms. The molecule has 4 rings (SSSR count). The van der Waals surface area contributed by atoms with Gasteiger partial charge in [-0.1, -0.05) is 29.0 Å². The van der Waals surface area contributed by atoms with E-state index in [1.165, 1.54) is 0 Å². The standard InChI is InChI=1S/C18H17ClN4OS/c19-13-4-1-3-12(11-13)16(24)21-14-6-9-23(10-7-14)18-22-15-5-2-8-20-17(15)25-18/h1-5,8,11,14H,6-7,9-10H2,(H,21,24). The van der Waals surface area contributed by atoms with Crippen molar-refractivity contribution in [3.8, 4) is 0 Å². The van der Waals surface area contributed by atoms with Gasteiger partial charge in [0.05, 0.1) is 0 Å². The summed E-state index contributed by atoms with van der Waals surface area (Å²) in [6.45, 7) is 1.75. The van der Waals surface area contributed by atoms with Crippen molar-refractivity contribution in [1.29, 1.82) is 0 Å². The molecule has 0 saturated carbocycles. The number of aromatic nitrogens is 2. The molecule has 2 aromatic heterocycles. The number of thiazole rings is 1. The maximum absolute atomic E-state index is 12.3. The summed E-state index contributed by atoms with van der Waals surface area (Å²) >= 11 is 7.57. The second-order valence-electron chi connectivity index (χ2n) is 6.07. The number of anilines is 1. The van der Waals surface area contributed by atoms with Crippen molar-refractivity contribution >= 4 is 44.3 Å². The number of amides is 1. The monoisotopic (exact) mass is 372 g/mol. The van der Waals surface area contributed by atoms with Crippen LogP contribution >= 0.6 is 22.9 Å². The fraction of sp³-hybridized carbons (Fsp3) is 0.278. The lowest BCUT2D eigenvalue weighted by atomic mass is 10.0. The molecule has 1 fully saturated rings. The summed E-state index contributed by atoms with van der Waals surface area (Å²) in [6.07, 6.45) is 3.59. The molecule has 1 saturated heterocycles. The zero-order chi connectivity index (χ0) is 17.2. The first-order valence-corrected chi connectivity index (χ1v) is 9.41. The summed E-state index contributed by atoms with van der Waals surface area (Å²) < 4.78 is 0. The summed E-state index contributed by atoms with van der Waals surface area (Å²) in [5.74, 6) is -0.0647. The zero-order valence-electron chi connectivity index (χ0n) is 13.5. The number of rotatable bonds is 3. The SMILES string of the molecule is O=C(NC1CCN(c2nc3cccnc3s2)CC1)c1cccc(Cl)c1. The molecule has 3 aromatic rings. The lowest BCUT2D eigenvalue weighted by molar-refractivity contribution is 0.0931. The Morgan fingerprint density at radius 3 is 2.84 bits per heavy atom. The van der Waals surface area contributed by atoms with Crippen molar-refractivity contribution in [2.45, 2.75) is 18.9 Å². The Morgan fingerprint density at radius 1 is 1.24 bits per heavy atom. The third-order valence-electron chi connectivity index (χ3n) is 4.34. The summed E-state index contributed by atoms with van der Waals surface area (Å²) in [5.41, 5.74) is 1.55. The highest BCUT2D eigenvalue weighted by molar-refractivity contribution is 7.21. The number of carbonyl (C=O) groups excluding carboxylic acids is 1. The van der Waals surface area contributed by atoms with Gasteiger partial charge in [-0.25, -0.2) is 9.97 Å². The van der Waals surface area contributed by atoms with Crippen molar-refractivity contribution in [2.75, 3.05) is 18.0 Å². The number of piperidine rings is 1. The molecule has 0 radical (unpaired) electrons. The van der Waals surface area contributed by atoms with Gasteiger partial charge < -0.3 is 10.2 Å². The van der Waals surface area contributed by atoms with Crippen LogP contribution in [0.2, 0.25) is 5.02 Å². The quantitative estimate of drug-likeness (QED) is 0.760. The summed E-state index contributed by atoms with van der Waals surface area (Å²) in [6, 6.07) is 11.1. The van der Waals surface area contributed by atoms with Gasteiger partial charge in [0.1, 0.15) is 10.3 Å². The smallest absolute Gasteiger partial charge is 0.251 e. The van der Waals surface area contributed by atoms with Gasteiger partial charge >= 0.3 is 0 Å². The Morgan fingerprint density at radius 2 is 2.08 bits per heavy atom. The Hall–Kier alpha value is -2.18. The first-order valence-electron chi connectivity index (χ1n) is 8.22. The summed E-state index contributed by atoms with van der Waals surface area (Å²) in [4.78, 5) is 24.6. The van der Waals surface area contributed by atoms with Crippen molar-refractivity contribution in [2.24, 2.45) is 0 Å². The van der Waals surface area contributed by atoms with Crippen molar-refractivity contribution < 1.29 is 4.79 Å². The lowest BCUT2D eigenvalue weighted by Crippen LogP contribution is -2.44. The third kappa shape index (κ3) is 3.60. The molecular weight excluding hydrogens is 356 g/mol. The van der Waals surface area contributed by atoms with Gasteiger partial charge in [-0.2, -0.15) is 0 Å². The van der Waals surface area contributed by atoms with Crippen LogP contribution in [0.15, 0.2) is 42.6 Å². The molecule has 0 aliphatic carbocycles. The first kappa shape index (κ1) is 16.3. The highest BCUT2D eigenvalue weighted by atomic mass is 35.5. The molecular formula is C18H17ClN4OS. The van der Waals surface area contributed by atoms with Gasteiger partial charge in [0.15, 0.2) is 5.13 Å². The lowest BCUT2D eigenvalue weighted by Gasteiger charge is -2.32. The third-order valence-corrected chi connectivity index (χ3v) is 5.62. The van der Waals surface area contributed by atoms with Crippen molar-refractivity contribution in [1.82, 2.24) is 15.3 Å². The number of hydrogen-bond donors (Lipinski definition) is 1. The van der Waals surface area contributed by atoms with Crippen molar-refractivity contribution in [3.63, 3.8) is 0 Å². The van der Waals surface area contributed by atoms with Crippen LogP contribution in [0.25, 0.3) is 10.3 Å². The number of nitrogens with one attached hydrogen (secondary N) is 1. The molecule has 1 amide bonds. The topological polar surface area (TPSA) is 58.1 Å². The van der Waals surface area contributed by atoms with E-state index >= 15 is 0 Å². The maximum atomic E-state index is 12.3. The average Bonchev–Trinajstić information content (AvgIpc) is 3.06. The molecule has 0 bridgehead atoms. The van der Waals surface area contributed by atoms with Gasteiger partial charge in [0, 0.05) is 35.9 Å². The van der Waals surface area contributed by atoms with Crippen LogP contribution < -0.4 is 10.2 Å². The van der Waals surface area contributed by atoms with Crippen LogP contribution in [0, 0.1) is 0 Å². The van der Waals surface area contributed by atoms with E-state index in [-0.39, 0.29) is 11.9 Å². The van der Waals surface area contributed by atoms with E-state index in [1.807, 2.05) is 12.1 Å². The van der Waals surface area contributed by atoms with Gasteiger partial charge in [-0.05, 0) is 43.2 Å². The van der Waals surface area contributed by atoms with Gasteiger partial charge in [0.25, 0.3) is 5.91 Å². The number of nitrogens with zero attached hydrogens (tertiary/aromatic N) is 3. The van der Waals surface area contributed by atoms with Crippen LogP contribution in [0.3, 0.4) is 0 Å². The first-order chi connectivity index (χ1) is 12.2. The number of benzene rings is 1. The summed E-state index contributed by atoms with van der Waals surface area (Å²) in [5, 5.41) is 4.69. The van der Waals surface area contributed by atoms with E-state index in [4.69, 9.17) is 11.6 Å². The predicted molar refractivity (Wildman–Crippen MR) is 102 cm³/mol. The molecule has 1 aromatic carbocycles. The maximum Gasteiger partial charge on any atom is 0.251 e. The van der Waals surface area contributed by atoms with Gasteiger partial charge in [-0.3, -0.25) is 4.79 Å². The zero-order valence-corrected chi connectivity index (χ0v) is 15.1. The average molecular weight is 373 g/mol. The van der Waals surface area contributed by atoms with Crippen LogP contribution in [0.1, 0.15) is 23.2 Å². The van der Waals surface area contributed by atoms with Crippen LogP contribution in [-0.2, 0) is 0 Å². The fourth-order valence-corrected chi connectivity index (χ4v) is 4.16. The summed E-state index contributed by atoms with van der Waals surface area (Å²) in [7, 11) is 0. The number of carbonyl (C=O) groups is 1. The Balaban J connectivity index is 1.37. The van der Waals surface area contributed by atoms with E-state index < -0.39 is 0 Å². The fourth-order valence-electron chi connectivity index (χ4n) is 3.01. The van der Waals surface area contributed by atoms with Gasteiger partial charge in [0.2, 0.25) is 0 Å². The molecule has 0 unspecified atom stereocenters. The van der Waals surface area contributed by atoms with E-state index in [2.05, 4.69) is 20.2 Å². The van der Waals surface area contributed by atoms with Crippen LogP contribution in [0.5, 0.6) is 0 Å². The molecule has 3 heterocycles. The second kappa shape index (κ2) is 6.98. The highest BCUT2D eigenvalue weighted by Crippen LogP contribution is 2.29. The van der Waals surface area contributed by atoms with Crippen LogP contribution in [0.4, 0.5) is 5.13 Å². The Labute approximate surface area is 154 Å². The minimum Gasteiger partial charge on any atom is -0.349 e. The van der Waals surface area contributed by atoms with Crippen molar-refractivity contribution in [3.05, 3.63) is 53.2 Å². The number of hydrogen-bond acceptors (Lipinski definition) is 5. The Bertz CT molecular complexity index is 872. The van der Waals surface area contributed by atoms with Crippen LogP contribution in [-0.4, -0.2) is 35.0 Å². The van der Waals surface area contributed by atoms with E-state index in [9.17, 15) is 4.79 Å². The number of fused-ring (bicyclic) bond motifs is 1. The van der Waals surface area contributed by atoms with E-state index in [0.717, 1.165) is 41.4 Å². The normalized spacial score (nSPS) is 15.5. The minimum absolute atomic E-state index is 0.0647. The molecule has 1 aliphatic rings. The highest BCUT2D eigenvalue weighted by Gasteiger charge is 2.23. The van der Waals surface area contributed by atoms with Gasteiger partial charge in [-0.15, -0.1) is 0 Å². The number of pyridine rings is 1. The predicted octanol–water partition coefficient (Wildman–Crippen LogP) is 3.74. The molecule has 0 spiro atoms. The molecule has 25 heavy (non-hydrogen) atoms. The minimum atomic E-state index is -0.0647. The number of halogens is 1. The molecule has 1 N–H and O–H groups in total. The largest absolute Gasteiger partial charge is 0.349 e. The second-order valence-corrected chi connectivity index (χ2v) is 7.46. The molecule has 128 valence electrons. The molecule has 1 aliphatic heterocycles. The molecule has 5 nitrogen and oxygen atoms in total. The Kier molecular flexibility index (Phi) is 4.55. The van der Waals surface area contributed by atoms with E-state index in [0.29, 0.717) is 10.6 Å².